The Kier molecular flexibility index (Phi) is 3.49. The number of quaternary nitrogens is 1. The maximum atomic E-state index is 12.2. The zero-order valence-electron chi connectivity index (χ0n) is 10.6. The first-order valence-electron chi connectivity index (χ1n) is 5.66. The van der Waals surface area contributed by atoms with E-state index in [-0.39, 0.29) is 11.1 Å². The summed E-state index contributed by atoms with van der Waals surface area (Å²) in [5, 5.41) is 4.24. The standard InChI is InChI=1S/C11H19F3N2O/c1-9(2)5-7(6-10(3,4)16-9)15-8(17)11(12,13)14/h7,16H,5-6H2,1-4H3,(H,15,17)/p+1. The van der Waals surface area contributed by atoms with Crippen LogP contribution in [-0.4, -0.2) is 29.2 Å². The fourth-order valence-corrected chi connectivity index (χ4v) is 2.89. The van der Waals surface area contributed by atoms with Gasteiger partial charge in [0.05, 0.1) is 11.1 Å². The van der Waals surface area contributed by atoms with Crippen molar-refractivity contribution in [3.05, 3.63) is 0 Å². The first-order valence-corrected chi connectivity index (χ1v) is 5.66. The van der Waals surface area contributed by atoms with E-state index in [1.54, 1.807) is 0 Å². The second-order valence-corrected chi connectivity index (χ2v) is 6.20. The van der Waals surface area contributed by atoms with Crippen molar-refractivity contribution in [2.75, 3.05) is 0 Å². The highest BCUT2D eigenvalue weighted by Gasteiger charge is 2.45. The third-order valence-electron chi connectivity index (χ3n) is 2.92. The van der Waals surface area contributed by atoms with Crippen LogP contribution in [0.15, 0.2) is 0 Å². The van der Waals surface area contributed by atoms with Gasteiger partial charge in [-0.05, 0) is 27.7 Å². The average molecular weight is 253 g/mol. The normalized spacial score (nSPS) is 24.4. The number of hydrogen-bond donors (Lipinski definition) is 2. The van der Waals surface area contributed by atoms with Gasteiger partial charge in [0.25, 0.3) is 0 Å². The molecule has 0 radical (unpaired) electrons. The number of carbonyl (C=O) groups is 1. The van der Waals surface area contributed by atoms with Crippen molar-refractivity contribution < 1.29 is 23.3 Å². The number of nitrogens with one attached hydrogen (secondary N) is 1. The Morgan fingerprint density at radius 3 is 1.94 bits per heavy atom. The quantitative estimate of drug-likeness (QED) is 0.718. The molecule has 1 rings (SSSR count). The first-order chi connectivity index (χ1) is 7.41. The summed E-state index contributed by atoms with van der Waals surface area (Å²) in [5.41, 5.74) is -0.323. The van der Waals surface area contributed by atoms with Gasteiger partial charge in [-0.3, -0.25) is 4.79 Å². The summed E-state index contributed by atoms with van der Waals surface area (Å²) >= 11 is 0. The van der Waals surface area contributed by atoms with E-state index in [0.717, 1.165) is 0 Å². The van der Waals surface area contributed by atoms with Crippen LogP contribution < -0.4 is 10.6 Å². The van der Waals surface area contributed by atoms with Crippen molar-refractivity contribution in [2.24, 2.45) is 0 Å². The van der Waals surface area contributed by atoms with E-state index in [0.29, 0.717) is 12.8 Å². The summed E-state index contributed by atoms with van der Waals surface area (Å²) in [4.78, 5) is 10.9. The molecule has 0 saturated carbocycles. The number of carbonyl (C=O) groups excluding carboxylic acids is 1. The predicted octanol–water partition coefficient (Wildman–Crippen LogP) is 0.948. The number of alkyl halides is 3. The molecule has 1 aliphatic heterocycles. The number of halogens is 3. The van der Waals surface area contributed by atoms with E-state index in [9.17, 15) is 18.0 Å². The van der Waals surface area contributed by atoms with Gasteiger partial charge in [0.1, 0.15) is 0 Å². The van der Waals surface area contributed by atoms with Crippen molar-refractivity contribution in [3.8, 4) is 0 Å². The third-order valence-corrected chi connectivity index (χ3v) is 2.92. The predicted molar refractivity (Wildman–Crippen MR) is 57.3 cm³/mol. The van der Waals surface area contributed by atoms with Crippen LogP contribution >= 0.6 is 0 Å². The van der Waals surface area contributed by atoms with E-state index < -0.39 is 18.1 Å². The Balaban J connectivity index is 2.70. The van der Waals surface area contributed by atoms with Gasteiger partial charge in [0, 0.05) is 18.9 Å². The lowest BCUT2D eigenvalue weighted by Crippen LogP contribution is -3.06. The number of piperidine rings is 1. The van der Waals surface area contributed by atoms with Crippen LogP contribution in [0.4, 0.5) is 13.2 Å². The minimum atomic E-state index is -4.80. The second-order valence-electron chi connectivity index (χ2n) is 6.20. The summed E-state index contributed by atoms with van der Waals surface area (Å²) in [6.07, 6.45) is -3.72. The zero-order chi connectivity index (χ0) is 13.5. The topological polar surface area (TPSA) is 45.7 Å². The molecular weight excluding hydrogens is 233 g/mol. The van der Waals surface area contributed by atoms with Crippen molar-refractivity contribution in [2.45, 2.75) is 63.8 Å². The van der Waals surface area contributed by atoms with Crippen LogP contribution in [0.5, 0.6) is 0 Å². The number of amides is 1. The minimum absolute atomic E-state index is 0.161. The Hall–Kier alpha value is -0.780. The fourth-order valence-electron chi connectivity index (χ4n) is 2.89. The Morgan fingerprint density at radius 2 is 1.59 bits per heavy atom. The van der Waals surface area contributed by atoms with Gasteiger partial charge >= 0.3 is 12.1 Å². The summed E-state index contributed by atoms with van der Waals surface area (Å²) in [5.74, 6) is -1.84. The molecule has 1 fully saturated rings. The molecule has 0 aromatic rings. The molecule has 17 heavy (non-hydrogen) atoms. The molecule has 100 valence electrons. The maximum absolute atomic E-state index is 12.2. The summed E-state index contributed by atoms with van der Waals surface area (Å²) in [6.45, 7) is 7.89. The van der Waals surface area contributed by atoms with Crippen molar-refractivity contribution in [1.82, 2.24) is 5.32 Å². The van der Waals surface area contributed by atoms with Gasteiger partial charge in [-0.15, -0.1) is 0 Å². The summed E-state index contributed by atoms with van der Waals surface area (Å²) in [7, 11) is 0. The fraction of sp³-hybridized carbons (Fsp3) is 0.909. The molecule has 1 heterocycles. The van der Waals surface area contributed by atoms with Gasteiger partial charge in [-0.25, -0.2) is 0 Å². The molecule has 1 aliphatic rings. The van der Waals surface area contributed by atoms with E-state index in [4.69, 9.17) is 0 Å². The smallest absolute Gasteiger partial charge is 0.345 e. The van der Waals surface area contributed by atoms with Gasteiger partial charge in [-0.1, -0.05) is 0 Å². The van der Waals surface area contributed by atoms with E-state index >= 15 is 0 Å². The molecule has 0 bridgehead atoms. The van der Waals surface area contributed by atoms with Crippen molar-refractivity contribution in [3.63, 3.8) is 0 Å². The molecule has 1 amide bonds. The Bertz CT molecular complexity index is 294. The monoisotopic (exact) mass is 253 g/mol. The van der Waals surface area contributed by atoms with E-state index in [2.05, 4.69) is 10.6 Å². The van der Waals surface area contributed by atoms with Gasteiger partial charge in [0.15, 0.2) is 0 Å². The maximum Gasteiger partial charge on any atom is 0.471 e. The van der Waals surface area contributed by atoms with Crippen LogP contribution in [0.1, 0.15) is 40.5 Å². The molecular formula is C11H20F3N2O+. The molecule has 1 saturated heterocycles. The SMILES string of the molecule is CC1(C)CC(NC(=O)C(F)(F)F)CC(C)(C)[NH2+]1. The largest absolute Gasteiger partial charge is 0.471 e. The van der Waals surface area contributed by atoms with Crippen LogP contribution in [0.2, 0.25) is 0 Å². The molecule has 0 atom stereocenters. The summed E-state index contributed by atoms with van der Waals surface area (Å²) < 4.78 is 36.5. The van der Waals surface area contributed by atoms with Crippen LogP contribution in [-0.2, 0) is 4.79 Å². The van der Waals surface area contributed by atoms with Crippen molar-refractivity contribution in [1.29, 1.82) is 0 Å². The lowest BCUT2D eigenvalue weighted by Gasteiger charge is -2.43. The van der Waals surface area contributed by atoms with Gasteiger partial charge in [-0.2, -0.15) is 13.2 Å². The van der Waals surface area contributed by atoms with E-state index in [1.165, 1.54) is 0 Å². The average Bonchev–Trinajstić information content (AvgIpc) is 1.94. The lowest BCUT2D eigenvalue weighted by atomic mass is 9.79. The molecule has 0 unspecified atom stereocenters. The molecule has 0 spiro atoms. The molecule has 0 aromatic heterocycles. The highest BCUT2D eigenvalue weighted by atomic mass is 19.4. The Labute approximate surface area is 99.1 Å². The highest BCUT2D eigenvalue weighted by Crippen LogP contribution is 2.23. The second kappa shape index (κ2) is 4.15. The summed E-state index contributed by atoms with van der Waals surface area (Å²) in [6, 6.07) is -0.417. The molecule has 0 aliphatic carbocycles. The minimum Gasteiger partial charge on any atom is -0.345 e. The first kappa shape index (κ1) is 14.3. The third kappa shape index (κ3) is 4.18. The number of nitrogens with two attached hydrogens (primary N) is 1. The Morgan fingerprint density at radius 1 is 1.18 bits per heavy atom. The van der Waals surface area contributed by atoms with Crippen LogP contribution in [0.3, 0.4) is 0 Å². The van der Waals surface area contributed by atoms with E-state index in [1.807, 2.05) is 27.7 Å². The highest BCUT2D eigenvalue weighted by molar-refractivity contribution is 5.81. The molecule has 3 nitrogen and oxygen atoms in total. The van der Waals surface area contributed by atoms with Crippen molar-refractivity contribution >= 4 is 5.91 Å². The number of rotatable bonds is 1. The molecule has 0 aromatic carbocycles. The molecule has 6 heteroatoms. The van der Waals surface area contributed by atoms with Gasteiger partial charge < -0.3 is 10.6 Å². The van der Waals surface area contributed by atoms with Gasteiger partial charge in [0.2, 0.25) is 0 Å². The molecule has 3 N–H and O–H groups in total. The lowest BCUT2D eigenvalue weighted by molar-refractivity contribution is -0.788. The number of hydrogen-bond acceptors (Lipinski definition) is 1. The van der Waals surface area contributed by atoms with Crippen LogP contribution in [0.25, 0.3) is 0 Å². The van der Waals surface area contributed by atoms with Crippen LogP contribution in [0, 0.1) is 0 Å². The zero-order valence-corrected chi connectivity index (χ0v) is 10.6.